The molecule has 3 aromatic carbocycles. The molecule has 2 aliphatic heterocycles. The lowest BCUT2D eigenvalue weighted by molar-refractivity contribution is 0.0865. The van der Waals surface area contributed by atoms with Crippen molar-refractivity contribution in [1.82, 2.24) is 4.90 Å². The van der Waals surface area contributed by atoms with E-state index in [0.717, 1.165) is 32.7 Å². The number of fused-ring (bicyclic) bond motifs is 3. The molecule has 156 valence electrons. The van der Waals surface area contributed by atoms with Crippen molar-refractivity contribution in [3.63, 3.8) is 0 Å². The second kappa shape index (κ2) is 8.21. The van der Waals surface area contributed by atoms with E-state index in [0.29, 0.717) is 36.9 Å². The number of benzene rings is 3. The van der Waals surface area contributed by atoms with E-state index in [9.17, 15) is 4.79 Å². The molecule has 0 atom stereocenters. The molecule has 0 aliphatic carbocycles. The van der Waals surface area contributed by atoms with Crippen LogP contribution in [0.25, 0.3) is 6.08 Å². The first-order chi connectivity index (χ1) is 15.1. The molecule has 0 bridgehead atoms. The Morgan fingerprint density at radius 1 is 1.10 bits per heavy atom. The normalized spacial score (nSPS) is 16.5. The molecule has 0 aromatic heterocycles. The summed E-state index contributed by atoms with van der Waals surface area (Å²) in [6.07, 6.45) is 1.77. The fourth-order valence-electron chi connectivity index (χ4n) is 3.91. The minimum absolute atomic E-state index is 0.115. The Morgan fingerprint density at radius 2 is 1.90 bits per heavy atom. The number of halogens is 1. The number of Topliss-reactive ketones (excluding diaryl/α,β-unsaturated/α-hetero) is 1. The van der Waals surface area contributed by atoms with Gasteiger partial charge >= 0.3 is 0 Å². The molecule has 0 N–H and O–H groups in total. The third-order valence-electron chi connectivity index (χ3n) is 5.46. The Morgan fingerprint density at radius 3 is 2.74 bits per heavy atom. The van der Waals surface area contributed by atoms with E-state index in [1.165, 1.54) is 0 Å². The second-order valence-corrected chi connectivity index (χ2v) is 8.31. The van der Waals surface area contributed by atoms with Crippen LogP contribution in [0.2, 0.25) is 0 Å². The van der Waals surface area contributed by atoms with E-state index in [4.69, 9.17) is 14.2 Å². The molecule has 0 fully saturated rings. The molecule has 0 spiro atoms. The molecule has 5 nitrogen and oxygen atoms in total. The number of ether oxygens (including phenoxy) is 3. The molecule has 2 heterocycles. The van der Waals surface area contributed by atoms with Crippen LogP contribution in [0, 0.1) is 0 Å². The summed E-state index contributed by atoms with van der Waals surface area (Å²) in [5.74, 6) is 2.39. The average Bonchev–Trinajstić information content (AvgIpc) is 3.11. The summed E-state index contributed by atoms with van der Waals surface area (Å²) in [6.45, 7) is 1.74. The molecule has 2 aliphatic rings. The number of allylic oxidation sites excluding steroid dienone is 1. The van der Waals surface area contributed by atoms with Crippen molar-refractivity contribution in [1.29, 1.82) is 0 Å². The predicted molar refractivity (Wildman–Crippen MR) is 121 cm³/mol. The first-order valence-corrected chi connectivity index (χ1v) is 10.7. The van der Waals surface area contributed by atoms with Gasteiger partial charge in [0.1, 0.15) is 24.0 Å². The molecule has 31 heavy (non-hydrogen) atoms. The fourth-order valence-corrected chi connectivity index (χ4v) is 4.31. The third kappa shape index (κ3) is 3.73. The largest absolute Gasteiger partial charge is 0.496 e. The lowest BCUT2D eigenvalue weighted by atomic mass is 10.0. The van der Waals surface area contributed by atoms with E-state index in [-0.39, 0.29) is 5.78 Å². The zero-order valence-electron chi connectivity index (χ0n) is 16.9. The van der Waals surface area contributed by atoms with Gasteiger partial charge in [0.15, 0.2) is 5.76 Å². The lowest BCUT2D eigenvalue weighted by Gasteiger charge is -2.30. The van der Waals surface area contributed by atoms with Crippen molar-refractivity contribution in [2.45, 2.75) is 13.1 Å². The summed E-state index contributed by atoms with van der Waals surface area (Å²) in [7, 11) is 1.67. The maximum absolute atomic E-state index is 13.0. The highest BCUT2D eigenvalue weighted by Crippen LogP contribution is 2.42. The SMILES string of the molecule is COc1ccccc1CN1COc2ccc3c(c2C1)O/C(=C\c1ccccc1Br)C3=O. The van der Waals surface area contributed by atoms with Crippen LogP contribution in [0.5, 0.6) is 17.2 Å². The molecule has 6 heteroatoms. The van der Waals surface area contributed by atoms with Crippen LogP contribution in [0.15, 0.2) is 70.9 Å². The number of para-hydroxylation sites is 1. The topological polar surface area (TPSA) is 48.0 Å². The van der Waals surface area contributed by atoms with Crippen molar-refractivity contribution in [2.24, 2.45) is 0 Å². The molecule has 5 rings (SSSR count). The minimum Gasteiger partial charge on any atom is -0.496 e. The molecule has 0 radical (unpaired) electrons. The standard InChI is InChI=1S/C25H20BrNO4/c1-29-21-9-5-3-7-17(21)13-27-14-19-22(30-15-27)11-10-18-24(28)23(31-25(18)19)12-16-6-2-4-8-20(16)26/h2-12H,13-15H2,1H3/b23-12-. The number of methoxy groups -OCH3 is 1. The maximum Gasteiger partial charge on any atom is 0.231 e. The van der Waals surface area contributed by atoms with Crippen LogP contribution < -0.4 is 14.2 Å². The van der Waals surface area contributed by atoms with Gasteiger partial charge in [-0.05, 0) is 35.9 Å². The summed E-state index contributed by atoms with van der Waals surface area (Å²) in [6, 6.07) is 19.3. The zero-order chi connectivity index (χ0) is 21.4. The summed E-state index contributed by atoms with van der Waals surface area (Å²) >= 11 is 3.52. The van der Waals surface area contributed by atoms with E-state index >= 15 is 0 Å². The average molecular weight is 478 g/mol. The molecular formula is C25H20BrNO4. The number of hydrogen-bond donors (Lipinski definition) is 0. The highest BCUT2D eigenvalue weighted by atomic mass is 79.9. The van der Waals surface area contributed by atoms with E-state index in [1.54, 1.807) is 19.3 Å². The zero-order valence-corrected chi connectivity index (χ0v) is 18.5. The van der Waals surface area contributed by atoms with Gasteiger partial charge in [0.25, 0.3) is 0 Å². The highest BCUT2D eigenvalue weighted by molar-refractivity contribution is 9.10. The Bertz CT molecular complexity index is 1200. The van der Waals surface area contributed by atoms with E-state index in [1.807, 2.05) is 54.6 Å². The van der Waals surface area contributed by atoms with Crippen LogP contribution in [0.4, 0.5) is 0 Å². The molecule has 0 saturated heterocycles. The second-order valence-electron chi connectivity index (χ2n) is 7.45. The smallest absolute Gasteiger partial charge is 0.231 e. The molecule has 0 amide bonds. The van der Waals surface area contributed by atoms with Crippen LogP contribution in [0.3, 0.4) is 0 Å². The van der Waals surface area contributed by atoms with Crippen LogP contribution in [0.1, 0.15) is 27.0 Å². The number of rotatable bonds is 4. The molecular weight excluding hydrogens is 458 g/mol. The first-order valence-electron chi connectivity index (χ1n) is 9.96. The van der Waals surface area contributed by atoms with Gasteiger partial charge in [0.2, 0.25) is 5.78 Å². The van der Waals surface area contributed by atoms with Crippen molar-refractivity contribution >= 4 is 27.8 Å². The highest BCUT2D eigenvalue weighted by Gasteiger charge is 2.33. The van der Waals surface area contributed by atoms with Gasteiger partial charge in [0.05, 0.1) is 18.2 Å². The van der Waals surface area contributed by atoms with Gasteiger partial charge in [-0.1, -0.05) is 52.3 Å². The fraction of sp³-hybridized carbons (Fsp3) is 0.160. The van der Waals surface area contributed by atoms with Gasteiger partial charge < -0.3 is 14.2 Å². The van der Waals surface area contributed by atoms with Crippen LogP contribution in [-0.2, 0) is 13.1 Å². The summed E-state index contributed by atoms with van der Waals surface area (Å²) in [5.41, 5.74) is 3.43. The third-order valence-corrected chi connectivity index (χ3v) is 6.18. The quantitative estimate of drug-likeness (QED) is 0.469. The predicted octanol–water partition coefficient (Wildman–Crippen LogP) is 5.43. The summed E-state index contributed by atoms with van der Waals surface area (Å²) in [5, 5.41) is 0. The summed E-state index contributed by atoms with van der Waals surface area (Å²) < 4.78 is 18.4. The van der Waals surface area contributed by atoms with Gasteiger partial charge in [-0.15, -0.1) is 0 Å². The Balaban J connectivity index is 1.44. The van der Waals surface area contributed by atoms with Crippen molar-refractivity contribution in [2.75, 3.05) is 13.8 Å². The van der Waals surface area contributed by atoms with Crippen molar-refractivity contribution in [3.8, 4) is 17.2 Å². The Hall–Kier alpha value is -3.09. The minimum atomic E-state index is -0.115. The summed E-state index contributed by atoms with van der Waals surface area (Å²) in [4.78, 5) is 15.1. The maximum atomic E-state index is 13.0. The number of carbonyl (C=O) groups excluding carboxylic acids is 1. The van der Waals surface area contributed by atoms with Crippen molar-refractivity contribution in [3.05, 3.63) is 93.1 Å². The number of ketones is 1. The lowest BCUT2D eigenvalue weighted by Crippen LogP contribution is -2.31. The molecule has 0 unspecified atom stereocenters. The Labute approximate surface area is 189 Å². The molecule has 0 saturated carbocycles. The number of hydrogen-bond acceptors (Lipinski definition) is 5. The first kappa shape index (κ1) is 19.8. The van der Waals surface area contributed by atoms with Gasteiger partial charge in [-0.2, -0.15) is 0 Å². The van der Waals surface area contributed by atoms with Crippen LogP contribution in [-0.4, -0.2) is 24.5 Å². The Kier molecular flexibility index (Phi) is 5.26. The monoisotopic (exact) mass is 477 g/mol. The van der Waals surface area contributed by atoms with Gasteiger partial charge in [0, 0.05) is 23.1 Å². The van der Waals surface area contributed by atoms with Crippen LogP contribution >= 0.6 is 15.9 Å². The molecule has 3 aromatic rings. The number of carbonyl (C=O) groups is 1. The van der Waals surface area contributed by atoms with Crippen molar-refractivity contribution < 1.29 is 19.0 Å². The number of nitrogens with zero attached hydrogens (tertiary/aromatic N) is 1. The van der Waals surface area contributed by atoms with E-state index < -0.39 is 0 Å². The van der Waals surface area contributed by atoms with E-state index in [2.05, 4.69) is 20.8 Å². The van der Waals surface area contributed by atoms with Gasteiger partial charge in [-0.3, -0.25) is 9.69 Å². The van der Waals surface area contributed by atoms with Gasteiger partial charge in [-0.25, -0.2) is 0 Å².